The molecule has 1 aromatic carbocycles. The highest BCUT2D eigenvalue weighted by Crippen LogP contribution is 2.37. The molecule has 1 saturated heterocycles. The van der Waals surface area contributed by atoms with Gasteiger partial charge in [-0.3, -0.25) is 4.79 Å². The summed E-state index contributed by atoms with van der Waals surface area (Å²) in [5.41, 5.74) is 0.441. The van der Waals surface area contributed by atoms with Crippen molar-refractivity contribution < 1.29 is 17.9 Å². The quantitative estimate of drug-likeness (QED) is 0.697. The molecule has 3 aliphatic rings. The Balaban J connectivity index is 1.66. The summed E-state index contributed by atoms with van der Waals surface area (Å²) in [6.45, 7) is 3.25. The molecule has 0 radical (unpaired) electrons. The summed E-state index contributed by atoms with van der Waals surface area (Å²) in [6, 6.07) is 5.12. The summed E-state index contributed by atoms with van der Waals surface area (Å²) in [5, 5.41) is 0. The molecule has 7 heteroatoms. The molecule has 4 rings (SSSR count). The van der Waals surface area contributed by atoms with Gasteiger partial charge in [0.05, 0.1) is 7.11 Å². The highest BCUT2D eigenvalue weighted by molar-refractivity contribution is 7.89. The molecule has 6 nitrogen and oxygen atoms in total. The van der Waals surface area contributed by atoms with Crippen molar-refractivity contribution >= 4 is 15.9 Å². The van der Waals surface area contributed by atoms with E-state index in [1.807, 2.05) is 11.8 Å². The monoisotopic (exact) mass is 406 g/mol. The first kappa shape index (κ1) is 19.7. The van der Waals surface area contributed by atoms with Crippen molar-refractivity contribution in [3.05, 3.63) is 23.8 Å². The van der Waals surface area contributed by atoms with Gasteiger partial charge in [-0.05, 0) is 69.6 Å². The molecule has 1 amide bonds. The Morgan fingerprint density at radius 1 is 1.18 bits per heavy atom. The van der Waals surface area contributed by atoms with Crippen LogP contribution < -0.4 is 4.74 Å². The summed E-state index contributed by atoms with van der Waals surface area (Å²) < 4.78 is 33.7. The number of rotatable bonds is 7. The van der Waals surface area contributed by atoms with E-state index in [9.17, 15) is 13.2 Å². The average Bonchev–Trinajstić information content (AvgIpc) is 3.59. The largest absolute Gasteiger partial charge is 0.495 e. The number of nitrogens with zero attached hydrogens (tertiary/aromatic N) is 2. The van der Waals surface area contributed by atoms with E-state index in [0.29, 0.717) is 29.8 Å². The van der Waals surface area contributed by atoms with Crippen LogP contribution in [0.2, 0.25) is 0 Å². The Bertz CT molecular complexity index is 846. The van der Waals surface area contributed by atoms with E-state index in [4.69, 9.17) is 4.74 Å². The molecule has 0 bridgehead atoms. The lowest BCUT2D eigenvalue weighted by molar-refractivity contribution is 0.0734. The van der Waals surface area contributed by atoms with Crippen molar-refractivity contribution in [2.24, 2.45) is 5.92 Å². The maximum atomic E-state index is 13.4. The molecule has 1 atom stereocenters. The first-order valence-electron chi connectivity index (χ1n) is 10.4. The number of carbonyl (C=O) groups is 1. The van der Waals surface area contributed by atoms with Gasteiger partial charge in [0.2, 0.25) is 10.0 Å². The van der Waals surface area contributed by atoms with Crippen LogP contribution in [0.1, 0.15) is 62.2 Å². The van der Waals surface area contributed by atoms with Gasteiger partial charge < -0.3 is 9.64 Å². The zero-order valence-corrected chi connectivity index (χ0v) is 17.6. The first-order valence-corrected chi connectivity index (χ1v) is 11.9. The van der Waals surface area contributed by atoms with Gasteiger partial charge in [0.15, 0.2) is 0 Å². The number of piperidine rings is 1. The Morgan fingerprint density at radius 3 is 2.54 bits per heavy atom. The van der Waals surface area contributed by atoms with Gasteiger partial charge in [-0.1, -0.05) is 6.42 Å². The minimum absolute atomic E-state index is 0.0411. The number of sulfonamides is 1. The fourth-order valence-corrected chi connectivity index (χ4v) is 5.98. The second kappa shape index (κ2) is 7.67. The van der Waals surface area contributed by atoms with Gasteiger partial charge >= 0.3 is 0 Å². The lowest BCUT2D eigenvalue weighted by Crippen LogP contribution is -2.42. The predicted molar refractivity (Wildman–Crippen MR) is 107 cm³/mol. The van der Waals surface area contributed by atoms with Crippen LogP contribution in [0.4, 0.5) is 0 Å². The number of carbonyl (C=O) groups excluding carboxylic acids is 1. The Hall–Kier alpha value is -1.60. The lowest BCUT2D eigenvalue weighted by atomic mass is 10.1. The summed E-state index contributed by atoms with van der Waals surface area (Å²) in [4.78, 5) is 15.3. The van der Waals surface area contributed by atoms with Gasteiger partial charge in [0.1, 0.15) is 10.6 Å². The van der Waals surface area contributed by atoms with Crippen molar-refractivity contribution in [1.82, 2.24) is 9.21 Å². The van der Waals surface area contributed by atoms with E-state index in [2.05, 4.69) is 0 Å². The highest BCUT2D eigenvalue weighted by Gasteiger charge is 2.38. The predicted octanol–water partition coefficient (Wildman–Crippen LogP) is 3.27. The minimum Gasteiger partial charge on any atom is -0.495 e. The summed E-state index contributed by atoms with van der Waals surface area (Å²) >= 11 is 0. The van der Waals surface area contributed by atoms with Crippen molar-refractivity contribution in [3.63, 3.8) is 0 Å². The van der Waals surface area contributed by atoms with Crippen LogP contribution in [-0.4, -0.2) is 55.8 Å². The van der Waals surface area contributed by atoms with Crippen LogP contribution in [0.3, 0.4) is 0 Å². The molecule has 2 aliphatic carbocycles. The molecule has 1 unspecified atom stereocenters. The standard InChI is InChI=1S/C21H30N2O4S/c1-15-5-3-4-12-23(15)28(25,26)20-13-17(8-11-19(20)27-2)21(24)22(18-9-10-18)14-16-6-7-16/h8,11,13,15-16,18H,3-7,9-10,12,14H2,1-2H3. The van der Waals surface area contributed by atoms with Crippen molar-refractivity contribution in [3.8, 4) is 5.75 Å². The molecule has 1 aromatic rings. The van der Waals surface area contributed by atoms with Crippen LogP contribution >= 0.6 is 0 Å². The topological polar surface area (TPSA) is 66.9 Å². The van der Waals surface area contributed by atoms with Crippen LogP contribution in [0.25, 0.3) is 0 Å². The molecular weight excluding hydrogens is 376 g/mol. The van der Waals surface area contributed by atoms with Gasteiger partial charge in [0, 0.05) is 30.7 Å². The van der Waals surface area contributed by atoms with Crippen molar-refractivity contribution in [2.45, 2.75) is 68.8 Å². The molecule has 2 saturated carbocycles. The van der Waals surface area contributed by atoms with E-state index >= 15 is 0 Å². The van der Waals surface area contributed by atoms with E-state index < -0.39 is 10.0 Å². The minimum atomic E-state index is -3.71. The molecular formula is C21H30N2O4S. The first-order chi connectivity index (χ1) is 13.4. The second-order valence-electron chi connectivity index (χ2n) is 8.46. The summed E-state index contributed by atoms with van der Waals surface area (Å²) in [5.74, 6) is 0.856. The zero-order chi connectivity index (χ0) is 19.9. The van der Waals surface area contributed by atoms with Gasteiger partial charge in [-0.25, -0.2) is 8.42 Å². The van der Waals surface area contributed by atoms with Crippen LogP contribution in [0.5, 0.6) is 5.75 Å². The Kier molecular flexibility index (Phi) is 5.40. The summed E-state index contributed by atoms with van der Waals surface area (Å²) in [7, 11) is -2.24. The lowest BCUT2D eigenvalue weighted by Gasteiger charge is -2.32. The molecule has 1 heterocycles. The summed E-state index contributed by atoms with van der Waals surface area (Å²) in [6.07, 6.45) is 7.23. The molecule has 154 valence electrons. The molecule has 0 N–H and O–H groups in total. The number of methoxy groups -OCH3 is 1. The second-order valence-corrected chi connectivity index (χ2v) is 10.3. The number of benzene rings is 1. The third-order valence-electron chi connectivity index (χ3n) is 6.14. The highest BCUT2D eigenvalue weighted by atomic mass is 32.2. The number of amides is 1. The maximum absolute atomic E-state index is 13.4. The van der Waals surface area contributed by atoms with Gasteiger partial charge in [0.25, 0.3) is 5.91 Å². The molecule has 0 spiro atoms. The zero-order valence-electron chi connectivity index (χ0n) is 16.8. The maximum Gasteiger partial charge on any atom is 0.254 e. The van der Waals surface area contributed by atoms with Crippen molar-refractivity contribution in [2.75, 3.05) is 20.2 Å². The molecule has 0 aromatic heterocycles. The smallest absolute Gasteiger partial charge is 0.254 e. The average molecular weight is 407 g/mol. The van der Waals surface area contributed by atoms with E-state index in [1.165, 1.54) is 26.0 Å². The van der Waals surface area contributed by atoms with E-state index in [1.54, 1.807) is 16.4 Å². The van der Waals surface area contributed by atoms with Gasteiger partial charge in [-0.2, -0.15) is 4.31 Å². The SMILES string of the molecule is COc1ccc(C(=O)N(CC2CC2)C2CC2)cc1S(=O)(=O)N1CCCCC1C. The van der Waals surface area contributed by atoms with Gasteiger partial charge in [-0.15, -0.1) is 0 Å². The molecule has 28 heavy (non-hydrogen) atoms. The molecule has 1 aliphatic heterocycles. The Labute approximate surface area is 167 Å². The molecule has 3 fully saturated rings. The number of hydrogen-bond acceptors (Lipinski definition) is 4. The fraction of sp³-hybridized carbons (Fsp3) is 0.667. The normalized spacial score (nSPS) is 23.4. The van der Waals surface area contributed by atoms with Crippen LogP contribution in [0.15, 0.2) is 23.1 Å². The van der Waals surface area contributed by atoms with Crippen LogP contribution in [-0.2, 0) is 10.0 Å². The van der Waals surface area contributed by atoms with Crippen LogP contribution in [0, 0.1) is 5.92 Å². The number of hydrogen-bond donors (Lipinski definition) is 0. The van der Waals surface area contributed by atoms with E-state index in [0.717, 1.165) is 38.6 Å². The van der Waals surface area contributed by atoms with E-state index in [-0.39, 0.29) is 16.8 Å². The number of ether oxygens (including phenoxy) is 1. The van der Waals surface area contributed by atoms with Crippen molar-refractivity contribution in [1.29, 1.82) is 0 Å². The fourth-order valence-electron chi connectivity index (χ4n) is 4.09. The third-order valence-corrected chi connectivity index (χ3v) is 8.17. The third kappa shape index (κ3) is 3.92. The Morgan fingerprint density at radius 2 is 1.93 bits per heavy atom.